The summed E-state index contributed by atoms with van der Waals surface area (Å²) < 4.78 is 20.8. The van der Waals surface area contributed by atoms with Gasteiger partial charge in [0.15, 0.2) is 5.96 Å². The van der Waals surface area contributed by atoms with Crippen LogP contribution in [0.2, 0.25) is 0 Å². The molecule has 0 amide bonds. The Labute approximate surface area is 154 Å². The van der Waals surface area contributed by atoms with Gasteiger partial charge in [-0.05, 0) is 37.1 Å². The van der Waals surface area contributed by atoms with Crippen LogP contribution in [0.5, 0.6) is 5.75 Å². The normalized spacial score (nSPS) is 12.9. The third kappa shape index (κ3) is 6.38. The Morgan fingerprint density at radius 2 is 1.96 bits per heavy atom. The summed E-state index contributed by atoms with van der Waals surface area (Å²) >= 11 is 0. The van der Waals surface area contributed by atoms with Gasteiger partial charge in [0.1, 0.15) is 23.5 Å². The van der Waals surface area contributed by atoms with E-state index in [0.717, 1.165) is 12.4 Å². The minimum atomic E-state index is -0.274. The van der Waals surface area contributed by atoms with Crippen LogP contribution in [0.25, 0.3) is 0 Å². The second-order valence-corrected chi connectivity index (χ2v) is 6.58. The van der Waals surface area contributed by atoms with Crippen molar-refractivity contribution in [2.75, 3.05) is 13.6 Å². The van der Waals surface area contributed by atoms with Crippen molar-refractivity contribution in [3.63, 3.8) is 0 Å². The Hall–Kier alpha value is -2.57. The molecule has 1 atom stereocenters. The largest absolute Gasteiger partial charge is 0.489 e. The molecular weight excluding hydrogens is 333 g/mol. The smallest absolute Gasteiger partial charge is 0.191 e. The summed E-state index contributed by atoms with van der Waals surface area (Å²) in [5, 5.41) is 6.49. The summed E-state index contributed by atoms with van der Waals surface area (Å²) in [6, 6.07) is 6.01. The second kappa shape index (κ2) is 9.79. The fourth-order valence-electron chi connectivity index (χ4n) is 2.48. The van der Waals surface area contributed by atoms with E-state index in [1.54, 1.807) is 19.2 Å². The van der Waals surface area contributed by atoms with Crippen molar-refractivity contribution in [3.8, 4) is 5.75 Å². The van der Waals surface area contributed by atoms with Gasteiger partial charge in [0, 0.05) is 26.0 Å². The summed E-state index contributed by atoms with van der Waals surface area (Å²) in [6.45, 7) is 8.40. The molecule has 0 aliphatic carbocycles. The Balaban J connectivity index is 1.78. The Kier molecular flexibility index (Phi) is 7.44. The molecule has 0 saturated heterocycles. The summed E-state index contributed by atoms with van der Waals surface area (Å²) in [6.07, 6.45) is 3.71. The first-order valence-electron chi connectivity index (χ1n) is 8.84. The maximum absolute atomic E-state index is 12.9. The highest BCUT2D eigenvalue weighted by Crippen LogP contribution is 2.12. The number of hydrogen-bond acceptors (Lipinski definition) is 3. The average molecular weight is 361 g/mol. The molecule has 1 aromatic carbocycles. The lowest BCUT2D eigenvalue weighted by Crippen LogP contribution is -2.41. The summed E-state index contributed by atoms with van der Waals surface area (Å²) in [5.74, 6) is 2.57. The summed E-state index contributed by atoms with van der Waals surface area (Å²) in [7, 11) is 1.72. The molecule has 6 nitrogen and oxygen atoms in total. The van der Waals surface area contributed by atoms with Crippen LogP contribution in [0, 0.1) is 11.7 Å². The lowest BCUT2D eigenvalue weighted by atomic mass is 10.2. The van der Waals surface area contributed by atoms with Crippen LogP contribution in [0.1, 0.15) is 26.6 Å². The van der Waals surface area contributed by atoms with E-state index in [1.165, 1.54) is 12.1 Å². The number of nitrogens with zero attached hydrogens (tertiary/aromatic N) is 3. The third-order valence-electron chi connectivity index (χ3n) is 3.71. The number of nitrogens with one attached hydrogen (secondary N) is 2. The summed E-state index contributed by atoms with van der Waals surface area (Å²) in [5.41, 5.74) is 0. The molecule has 0 radical (unpaired) electrons. The highest BCUT2D eigenvalue weighted by atomic mass is 19.1. The van der Waals surface area contributed by atoms with Crippen LogP contribution in [0.3, 0.4) is 0 Å². The number of rotatable bonds is 8. The van der Waals surface area contributed by atoms with Gasteiger partial charge in [-0.1, -0.05) is 13.8 Å². The number of benzene rings is 1. The zero-order valence-electron chi connectivity index (χ0n) is 15.9. The van der Waals surface area contributed by atoms with Gasteiger partial charge in [-0.3, -0.25) is 4.99 Å². The van der Waals surface area contributed by atoms with Gasteiger partial charge < -0.3 is 19.9 Å². The lowest BCUT2D eigenvalue weighted by molar-refractivity contribution is 0.223. The van der Waals surface area contributed by atoms with Crippen molar-refractivity contribution in [1.29, 1.82) is 0 Å². The maximum atomic E-state index is 12.9. The van der Waals surface area contributed by atoms with E-state index in [-0.39, 0.29) is 11.9 Å². The van der Waals surface area contributed by atoms with Gasteiger partial charge in [0.05, 0.1) is 13.1 Å². The lowest BCUT2D eigenvalue weighted by Gasteiger charge is -2.18. The molecule has 0 aliphatic rings. The van der Waals surface area contributed by atoms with Crippen molar-refractivity contribution in [3.05, 3.63) is 48.3 Å². The molecule has 2 N–H and O–H groups in total. The number of aliphatic imine (C=N–C) groups is 1. The molecule has 0 saturated carbocycles. The monoisotopic (exact) mass is 361 g/mol. The van der Waals surface area contributed by atoms with Crippen molar-refractivity contribution in [1.82, 2.24) is 20.2 Å². The molecule has 26 heavy (non-hydrogen) atoms. The van der Waals surface area contributed by atoms with Gasteiger partial charge in [-0.25, -0.2) is 9.37 Å². The Bertz CT molecular complexity index is 696. The molecule has 0 spiro atoms. The SMILES string of the molecule is CN=C(NCc1nccn1CC(C)C)NCC(C)Oc1ccc(F)cc1. The van der Waals surface area contributed by atoms with Crippen LogP contribution < -0.4 is 15.4 Å². The second-order valence-electron chi connectivity index (χ2n) is 6.58. The highest BCUT2D eigenvalue weighted by molar-refractivity contribution is 5.79. The molecule has 1 heterocycles. The van der Waals surface area contributed by atoms with Gasteiger partial charge in [0.2, 0.25) is 0 Å². The third-order valence-corrected chi connectivity index (χ3v) is 3.71. The predicted octanol–water partition coefficient (Wildman–Crippen LogP) is 2.81. The molecule has 1 unspecified atom stereocenters. The first-order chi connectivity index (χ1) is 12.5. The molecular formula is C19H28FN5O. The molecule has 7 heteroatoms. The van der Waals surface area contributed by atoms with Crippen molar-refractivity contribution >= 4 is 5.96 Å². The van der Waals surface area contributed by atoms with E-state index in [1.807, 2.05) is 19.3 Å². The van der Waals surface area contributed by atoms with E-state index in [2.05, 4.69) is 39.0 Å². The van der Waals surface area contributed by atoms with E-state index in [4.69, 9.17) is 4.74 Å². The van der Waals surface area contributed by atoms with Crippen LogP contribution >= 0.6 is 0 Å². The fourth-order valence-corrected chi connectivity index (χ4v) is 2.48. The molecule has 0 fully saturated rings. The van der Waals surface area contributed by atoms with Gasteiger partial charge in [0.25, 0.3) is 0 Å². The predicted molar refractivity (Wildman–Crippen MR) is 102 cm³/mol. The van der Waals surface area contributed by atoms with Crippen LogP contribution in [-0.2, 0) is 13.1 Å². The van der Waals surface area contributed by atoms with E-state index in [0.29, 0.717) is 30.7 Å². The Morgan fingerprint density at radius 3 is 2.62 bits per heavy atom. The van der Waals surface area contributed by atoms with Crippen LogP contribution in [0.15, 0.2) is 41.7 Å². The van der Waals surface area contributed by atoms with Crippen molar-refractivity contribution < 1.29 is 9.13 Å². The topological polar surface area (TPSA) is 63.5 Å². The first kappa shape index (κ1) is 19.8. The number of aromatic nitrogens is 2. The minimum Gasteiger partial charge on any atom is -0.489 e. The molecule has 0 bridgehead atoms. The zero-order chi connectivity index (χ0) is 18.9. The Morgan fingerprint density at radius 1 is 1.23 bits per heavy atom. The maximum Gasteiger partial charge on any atom is 0.191 e. The van der Waals surface area contributed by atoms with Gasteiger partial charge in [-0.15, -0.1) is 0 Å². The first-order valence-corrected chi connectivity index (χ1v) is 8.84. The van der Waals surface area contributed by atoms with E-state index in [9.17, 15) is 4.39 Å². The van der Waals surface area contributed by atoms with Crippen molar-refractivity contribution in [2.45, 2.75) is 40.0 Å². The number of imidazole rings is 1. The number of halogens is 1. The van der Waals surface area contributed by atoms with Crippen LogP contribution in [0.4, 0.5) is 4.39 Å². The van der Waals surface area contributed by atoms with Gasteiger partial charge in [-0.2, -0.15) is 0 Å². The molecule has 142 valence electrons. The summed E-state index contributed by atoms with van der Waals surface area (Å²) in [4.78, 5) is 8.62. The van der Waals surface area contributed by atoms with E-state index < -0.39 is 0 Å². The molecule has 0 aliphatic heterocycles. The van der Waals surface area contributed by atoms with Gasteiger partial charge >= 0.3 is 0 Å². The fraction of sp³-hybridized carbons (Fsp3) is 0.474. The quantitative estimate of drug-likeness (QED) is 0.561. The standard InChI is InChI=1S/C19H28FN5O/c1-14(2)13-25-10-9-22-18(25)12-24-19(21-4)23-11-15(3)26-17-7-5-16(20)6-8-17/h5-10,14-15H,11-13H2,1-4H3,(H2,21,23,24). The number of guanidine groups is 1. The molecule has 2 rings (SSSR count). The minimum absolute atomic E-state index is 0.0954. The number of ether oxygens (including phenoxy) is 1. The van der Waals surface area contributed by atoms with Crippen LogP contribution in [-0.4, -0.2) is 35.2 Å². The molecule has 1 aromatic heterocycles. The molecule has 2 aromatic rings. The number of hydrogen-bond donors (Lipinski definition) is 2. The average Bonchev–Trinajstić information content (AvgIpc) is 3.03. The highest BCUT2D eigenvalue weighted by Gasteiger charge is 2.08. The van der Waals surface area contributed by atoms with E-state index >= 15 is 0 Å². The van der Waals surface area contributed by atoms with Crippen molar-refractivity contribution in [2.24, 2.45) is 10.9 Å². The zero-order valence-corrected chi connectivity index (χ0v) is 15.9.